The normalized spacial score (nSPS) is 51.3. The van der Waals surface area contributed by atoms with E-state index < -0.39 is 37.3 Å². The maximum atomic E-state index is 12.0. The van der Waals surface area contributed by atoms with Crippen molar-refractivity contribution in [3.8, 4) is 0 Å². The molecule has 5 N–H and O–H groups in total. The summed E-state index contributed by atoms with van der Waals surface area (Å²) in [6.45, 7) is 18.2. The van der Waals surface area contributed by atoms with Crippen LogP contribution in [0.3, 0.4) is 0 Å². The third-order valence-electron chi connectivity index (χ3n) is 14.0. The molecule has 43 heavy (non-hydrogen) atoms. The fraction of sp³-hybridized carbons (Fsp3) is 0.889. The maximum Gasteiger partial charge on any atom is 0.186 e. The van der Waals surface area contributed by atoms with Gasteiger partial charge in [0.05, 0.1) is 18.8 Å². The molecular formula is C36H60O7. The molecule has 0 amide bonds. The first-order chi connectivity index (χ1) is 20.0. The molecule has 1 heterocycles. The van der Waals surface area contributed by atoms with Crippen molar-refractivity contribution in [3.05, 3.63) is 23.3 Å². The summed E-state index contributed by atoms with van der Waals surface area (Å²) in [4.78, 5) is 0. The van der Waals surface area contributed by atoms with Gasteiger partial charge < -0.3 is 35.0 Å². The van der Waals surface area contributed by atoms with Crippen LogP contribution in [0.2, 0.25) is 0 Å². The minimum Gasteiger partial charge on any atom is -0.394 e. The lowest BCUT2D eigenvalue weighted by Gasteiger charge is -2.70. The van der Waals surface area contributed by atoms with E-state index >= 15 is 0 Å². The zero-order valence-corrected chi connectivity index (χ0v) is 27.9. The molecule has 0 aromatic carbocycles. The standard InChI is InChI=1S/C36H60O7/c1-20(2)10-9-11-21(3)22-12-16-36(8)28(22)23(38)18-26-34(6)15-14-27(33(4,5)25(34)13-17-35(26,36)7)43-32-31(41)30(40)29(39)24(19-37)42-32/h10-11,22-32,37-41H,9,12-19H2,1-8H3/b21-11-/t22-,23+,24-,25?,26?,27-,28-,29-,30+,31-,32+,34+,35-,36+/m1/s1. The van der Waals surface area contributed by atoms with Gasteiger partial charge in [-0.25, -0.2) is 0 Å². The Bertz CT molecular complexity index is 1080. The summed E-state index contributed by atoms with van der Waals surface area (Å²) in [5.41, 5.74) is 2.80. The minimum atomic E-state index is -1.44. The number of hydrogen-bond acceptors (Lipinski definition) is 7. The van der Waals surface area contributed by atoms with E-state index in [1.165, 1.54) is 11.1 Å². The second kappa shape index (κ2) is 11.8. The molecule has 4 saturated carbocycles. The molecule has 246 valence electrons. The average Bonchev–Trinajstić information content (AvgIpc) is 3.31. The number of aliphatic hydroxyl groups is 5. The average molecular weight is 605 g/mol. The molecule has 0 bridgehead atoms. The molecule has 0 radical (unpaired) electrons. The Morgan fingerprint density at radius 2 is 1.49 bits per heavy atom. The number of fused-ring (bicyclic) bond motifs is 5. The molecule has 7 heteroatoms. The van der Waals surface area contributed by atoms with Crippen LogP contribution in [0.1, 0.15) is 107 Å². The Balaban J connectivity index is 1.38. The van der Waals surface area contributed by atoms with E-state index in [0.717, 1.165) is 51.4 Å². The Morgan fingerprint density at radius 3 is 2.14 bits per heavy atom. The first kappa shape index (κ1) is 33.6. The topological polar surface area (TPSA) is 120 Å². The zero-order chi connectivity index (χ0) is 31.7. The number of aliphatic hydroxyl groups excluding tert-OH is 5. The van der Waals surface area contributed by atoms with E-state index in [1.54, 1.807) is 0 Å². The quantitative estimate of drug-likeness (QED) is 0.211. The molecule has 1 saturated heterocycles. The lowest BCUT2D eigenvalue weighted by atomic mass is 9.35. The predicted molar refractivity (Wildman–Crippen MR) is 167 cm³/mol. The Morgan fingerprint density at radius 1 is 0.814 bits per heavy atom. The fourth-order valence-corrected chi connectivity index (χ4v) is 11.5. The minimum absolute atomic E-state index is 0.0348. The predicted octanol–water partition coefficient (Wildman–Crippen LogP) is 5.13. The van der Waals surface area contributed by atoms with Gasteiger partial charge in [-0.1, -0.05) is 57.9 Å². The highest BCUT2D eigenvalue weighted by atomic mass is 16.7. The first-order valence-corrected chi connectivity index (χ1v) is 17.0. The summed E-state index contributed by atoms with van der Waals surface area (Å²) in [6, 6.07) is 0. The molecule has 5 aliphatic rings. The van der Waals surface area contributed by atoms with Crippen molar-refractivity contribution in [1.82, 2.24) is 0 Å². The van der Waals surface area contributed by atoms with Gasteiger partial charge in [-0.15, -0.1) is 0 Å². The largest absolute Gasteiger partial charge is 0.394 e. The SMILES string of the molecule is CC(C)=CC/C=C(/C)[C@H]1CC[C@@]2(C)[C@H]1[C@@H](O)CC1[C@@]3(C)CC[C@@H](O[C@@H]4O[C@H](CO)[C@@H](O)[C@H](O)[C@H]4O)C(C)(C)C3CC[C@]12C. The number of rotatable bonds is 6. The van der Waals surface area contributed by atoms with Gasteiger partial charge in [0.15, 0.2) is 6.29 Å². The van der Waals surface area contributed by atoms with Crippen LogP contribution < -0.4 is 0 Å². The third kappa shape index (κ3) is 5.21. The number of allylic oxidation sites excluding steroid dienone is 4. The van der Waals surface area contributed by atoms with E-state index in [9.17, 15) is 25.5 Å². The van der Waals surface area contributed by atoms with Crippen LogP contribution in [-0.2, 0) is 9.47 Å². The van der Waals surface area contributed by atoms with Crippen LogP contribution in [0.4, 0.5) is 0 Å². The molecule has 7 nitrogen and oxygen atoms in total. The van der Waals surface area contributed by atoms with E-state index in [2.05, 4.69) is 67.5 Å². The van der Waals surface area contributed by atoms with Crippen molar-refractivity contribution in [2.24, 2.45) is 45.3 Å². The van der Waals surface area contributed by atoms with Gasteiger partial charge >= 0.3 is 0 Å². The van der Waals surface area contributed by atoms with Gasteiger partial charge in [-0.2, -0.15) is 0 Å². The molecule has 2 unspecified atom stereocenters. The maximum absolute atomic E-state index is 12.0. The Labute approximate surface area is 259 Å². The van der Waals surface area contributed by atoms with Gasteiger partial charge in [0.2, 0.25) is 0 Å². The molecule has 0 aromatic heterocycles. The molecule has 0 spiro atoms. The highest BCUT2D eigenvalue weighted by Crippen LogP contribution is 2.75. The van der Waals surface area contributed by atoms with Gasteiger partial charge in [-0.05, 0) is 117 Å². The molecule has 5 fully saturated rings. The van der Waals surface area contributed by atoms with Crippen LogP contribution in [-0.4, -0.2) is 75.1 Å². The van der Waals surface area contributed by atoms with Crippen LogP contribution in [0.25, 0.3) is 0 Å². The van der Waals surface area contributed by atoms with E-state index in [1.807, 2.05) is 0 Å². The van der Waals surface area contributed by atoms with Gasteiger partial charge in [0, 0.05) is 0 Å². The van der Waals surface area contributed by atoms with Crippen LogP contribution in [0.15, 0.2) is 23.3 Å². The lowest BCUT2D eigenvalue weighted by molar-refractivity contribution is -0.331. The van der Waals surface area contributed by atoms with Crippen molar-refractivity contribution in [2.45, 2.75) is 150 Å². The summed E-state index contributed by atoms with van der Waals surface area (Å²) in [6.07, 6.45) is 5.90. The van der Waals surface area contributed by atoms with Gasteiger partial charge in [0.25, 0.3) is 0 Å². The number of hydrogen-bond donors (Lipinski definition) is 5. The third-order valence-corrected chi connectivity index (χ3v) is 14.0. The Hall–Kier alpha value is -0.800. The molecular weight excluding hydrogens is 544 g/mol. The van der Waals surface area contributed by atoms with Crippen molar-refractivity contribution in [1.29, 1.82) is 0 Å². The van der Waals surface area contributed by atoms with Crippen LogP contribution >= 0.6 is 0 Å². The van der Waals surface area contributed by atoms with Gasteiger partial charge in [0.1, 0.15) is 24.4 Å². The van der Waals surface area contributed by atoms with Gasteiger partial charge in [-0.3, -0.25) is 0 Å². The summed E-state index contributed by atoms with van der Waals surface area (Å²) >= 11 is 0. The Kier molecular flexibility index (Phi) is 9.19. The second-order valence-corrected chi connectivity index (χ2v) is 16.6. The van der Waals surface area contributed by atoms with Crippen molar-refractivity contribution < 1.29 is 35.0 Å². The highest BCUT2D eigenvalue weighted by Gasteiger charge is 2.70. The molecule has 5 rings (SSSR count). The first-order valence-electron chi connectivity index (χ1n) is 17.0. The molecule has 4 aliphatic carbocycles. The summed E-state index contributed by atoms with van der Waals surface area (Å²) in [5, 5.41) is 52.9. The smallest absolute Gasteiger partial charge is 0.186 e. The van der Waals surface area contributed by atoms with Crippen molar-refractivity contribution in [2.75, 3.05) is 6.61 Å². The molecule has 14 atom stereocenters. The summed E-state index contributed by atoms with van der Waals surface area (Å²) < 4.78 is 12.2. The highest BCUT2D eigenvalue weighted by molar-refractivity contribution is 5.23. The molecule has 0 aromatic rings. The van der Waals surface area contributed by atoms with Crippen LogP contribution in [0.5, 0.6) is 0 Å². The van der Waals surface area contributed by atoms with E-state index in [0.29, 0.717) is 17.8 Å². The van der Waals surface area contributed by atoms with Crippen LogP contribution in [0, 0.1) is 45.3 Å². The lowest BCUT2D eigenvalue weighted by Crippen LogP contribution is -2.67. The second-order valence-electron chi connectivity index (χ2n) is 16.6. The van der Waals surface area contributed by atoms with E-state index in [4.69, 9.17) is 9.47 Å². The van der Waals surface area contributed by atoms with E-state index in [-0.39, 0.29) is 39.8 Å². The number of ether oxygens (including phenoxy) is 2. The summed E-state index contributed by atoms with van der Waals surface area (Å²) in [7, 11) is 0. The molecule has 1 aliphatic heterocycles. The zero-order valence-electron chi connectivity index (χ0n) is 27.9. The van der Waals surface area contributed by atoms with Crippen molar-refractivity contribution in [3.63, 3.8) is 0 Å². The summed E-state index contributed by atoms with van der Waals surface area (Å²) in [5.74, 6) is 1.48. The van der Waals surface area contributed by atoms with Crippen molar-refractivity contribution >= 4 is 0 Å². The monoisotopic (exact) mass is 604 g/mol. The fourth-order valence-electron chi connectivity index (χ4n) is 11.5.